The number of nitrogens with one attached hydrogen (secondary N) is 1. The molecule has 0 saturated carbocycles. The van der Waals surface area contributed by atoms with E-state index in [-0.39, 0.29) is 5.91 Å². The molecule has 1 saturated heterocycles. The van der Waals surface area contributed by atoms with Gasteiger partial charge in [0.05, 0.1) is 11.7 Å². The van der Waals surface area contributed by atoms with Gasteiger partial charge < -0.3 is 10.1 Å². The highest BCUT2D eigenvalue weighted by Gasteiger charge is 2.20. The molecule has 6 heteroatoms. The summed E-state index contributed by atoms with van der Waals surface area (Å²) >= 11 is 3.56. The lowest BCUT2D eigenvalue weighted by atomic mass is 10.1. The van der Waals surface area contributed by atoms with Crippen LogP contribution in [-0.2, 0) is 17.6 Å². The molecule has 24 heavy (non-hydrogen) atoms. The first-order valence-electron chi connectivity index (χ1n) is 8.46. The average molecular weight is 390 g/mol. The van der Waals surface area contributed by atoms with Gasteiger partial charge in [0, 0.05) is 23.9 Å². The molecule has 0 atom stereocenters. The molecular weight excluding hydrogens is 370 g/mol. The fraction of sp³-hybridized carbons (Fsp3) is 0.444. The summed E-state index contributed by atoms with van der Waals surface area (Å²) in [6.45, 7) is 1.52. The van der Waals surface area contributed by atoms with Crippen LogP contribution in [0.2, 0.25) is 0 Å². The van der Waals surface area contributed by atoms with Crippen LogP contribution in [0.4, 0.5) is 5.69 Å². The fourth-order valence-corrected chi connectivity index (χ4v) is 3.98. The van der Waals surface area contributed by atoms with Gasteiger partial charge in [-0.25, -0.2) is 0 Å². The Labute approximate surface area is 149 Å². The number of anilines is 1. The molecule has 1 aliphatic heterocycles. The van der Waals surface area contributed by atoms with Crippen molar-refractivity contribution in [2.45, 2.75) is 38.1 Å². The molecular formula is C18H20BrN3O2. The van der Waals surface area contributed by atoms with E-state index in [1.165, 1.54) is 17.5 Å². The van der Waals surface area contributed by atoms with Gasteiger partial charge in [-0.2, -0.15) is 5.10 Å². The number of rotatable bonds is 3. The highest BCUT2D eigenvalue weighted by molar-refractivity contribution is 9.10. The van der Waals surface area contributed by atoms with Crippen molar-refractivity contribution in [1.29, 1.82) is 0 Å². The van der Waals surface area contributed by atoms with Crippen molar-refractivity contribution in [3.63, 3.8) is 0 Å². The number of fused-ring (bicyclic) bond motifs is 1. The number of aryl methyl sites for hydroxylation is 2. The summed E-state index contributed by atoms with van der Waals surface area (Å²) in [6, 6.07) is 6.32. The van der Waals surface area contributed by atoms with E-state index in [0.29, 0.717) is 11.7 Å². The second-order valence-electron chi connectivity index (χ2n) is 6.43. The Bertz CT molecular complexity index is 766. The zero-order chi connectivity index (χ0) is 16.5. The number of aromatic nitrogens is 2. The molecule has 2 aliphatic rings. The quantitative estimate of drug-likeness (QED) is 0.869. The van der Waals surface area contributed by atoms with Crippen molar-refractivity contribution in [2.24, 2.45) is 0 Å². The zero-order valence-electron chi connectivity index (χ0n) is 13.4. The molecule has 1 aromatic carbocycles. The highest BCUT2D eigenvalue weighted by atomic mass is 79.9. The average Bonchev–Trinajstić information content (AvgIpc) is 3.25. The summed E-state index contributed by atoms with van der Waals surface area (Å²) in [6.07, 6.45) is 7.18. The predicted molar refractivity (Wildman–Crippen MR) is 95.4 cm³/mol. The maximum atomic E-state index is 12.5. The SMILES string of the molecule is O=C(Nc1cc2c(cc1Br)CCC2)c1ccn(C2CCOCC2)n1. The van der Waals surface area contributed by atoms with Crippen LogP contribution >= 0.6 is 15.9 Å². The summed E-state index contributed by atoms with van der Waals surface area (Å²) in [4.78, 5) is 12.5. The van der Waals surface area contributed by atoms with Crippen molar-refractivity contribution in [1.82, 2.24) is 9.78 Å². The van der Waals surface area contributed by atoms with Crippen LogP contribution in [0, 0.1) is 0 Å². The first-order valence-corrected chi connectivity index (χ1v) is 9.25. The van der Waals surface area contributed by atoms with Crippen molar-refractivity contribution in [3.05, 3.63) is 45.7 Å². The first kappa shape index (κ1) is 15.8. The Kier molecular flexibility index (Phi) is 4.41. The van der Waals surface area contributed by atoms with Crippen LogP contribution in [0.15, 0.2) is 28.9 Å². The molecule has 2 heterocycles. The highest BCUT2D eigenvalue weighted by Crippen LogP contribution is 2.32. The number of ether oxygens (including phenoxy) is 1. The summed E-state index contributed by atoms with van der Waals surface area (Å²) in [5.41, 5.74) is 3.99. The van der Waals surface area contributed by atoms with Gasteiger partial charge in [-0.1, -0.05) is 0 Å². The molecule has 0 bridgehead atoms. The Balaban J connectivity index is 1.49. The van der Waals surface area contributed by atoms with Crippen LogP contribution < -0.4 is 5.32 Å². The van der Waals surface area contributed by atoms with Gasteiger partial charge >= 0.3 is 0 Å². The minimum Gasteiger partial charge on any atom is -0.381 e. The van der Waals surface area contributed by atoms with Gasteiger partial charge in [-0.3, -0.25) is 9.48 Å². The third kappa shape index (κ3) is 3.13. The normalized spacial score (nSPS) is 17.7. The Hall–Kier alpha value is -1.66. The van der Waals surface area contributed by atoms with E-state index in [9.17, 15) is 4.79 Å². The summed E-state index contributed by atoms with van der Waals surface area (Å²) in [5.74, 6) is -0.167. The second kappa shape index (κ2) is 6.69. The summed E-state index contributed by atoms with van der Waals surface area (Å²) < 4.78 is 8.21. The van der Waals surface area contributed by atoms with Crippen LogP contribution in [0.5, 0.6) is 0 Å². The lowest BCUT2D eigenvalue weighted by molar-refractivity contribution is 0.0661. The van der Waals surface area contributed by atoms with Gasteiger partial charge in [0.15, 0.2) is 5.69 Å². The van der Waals surface area contributed by atoms with E-state index < -0.39 is 0 Å². The van der Waals surface area contributed by atoms with Crippen molar-refractivity contribution in [3.8, 4) is 0 Å². The number of benzene rings is 1. The zero-order valence-corrected chi connectivity index (χ0v) is 15.0. The number of hydrogen-bond acceptors (Lipinski definition) is 3. The van der Waals surface area contributed by atoms with Crippen LogP contribution in [0.1, 0.15) is 46.9 Å². The van der Waals surface area contributed by atoms with E-state index in [4.69, 9.17) is 4.74 Å². The van der Waals surface area contributed by atoms with Gasteiger partial charge in [0.1, 0.15) is 0 Å². The van der Waals surface area contributed by atoms with Crippen molar-refractivity contribution >= 4 is 27.5 Å². The second-order valence-corrected chi connectivity index (χ2v) is 7.29. The molecule has 2 aromatic rings. The van der Waals surface area contributed by atoms with Gasteiger partial charge in [-0.15, -0.1) is 0 Å². The number of amides is 1. The lowest BCUT2D eigenvalue weighted by Crippen LogP contribution is -2.21. The van der Waals surface area contributed by atoms with E-state index >= 15 is 0 Å². The summed E-state index contributed by atoms with van der Waals surface area (Å²) in [7, 11) is 0. The number of nitrogens with zero attached hydrogens (tertiary/aromatic N) is 2. The maximum Gasteiger partial charge on any atom is 0.276 e. The minimum atomic E-state index is -0.167. The lowest BCUT2D eigenvalue weighted by Gasteiger charge is -2.22. The standard InChI is InChI=1S/C18H20BrN3O2/c19-15-10-12-2-1-3-13(12)11-17(15)20-18(23)16-4-7-22(21-16)14-5-8-24-9-6-14/h4,7,10-11,14H,1-3,5-6,8-9H2,(H,20,23). The van der Waals surface area contributed by atoms with Crippen LogP contribution in [0.25, 0.3) is 0 Å². The van der Waals surface area contributed by atoms with Gasteiger partial charge in [0.25, 0.3) is 5.91 Å². The fourth-order valence-electron chi connectivity index (χ4n) is 3.49. The predicted octanol–water partition coefficient (Wildman–Crippen LogP) is 3.74. The molecule has 0 spiro atoms. The molecule has 1 fully saturated rings. The number of hydrogen-bond donors (Lipinski definition) is 1. The van der Waals surface area contributed by atoms with Gasteiger partial charge in [0.2, 0.25) is 0 Å². The van der Waals surface area contributed by atoms with E-state index in [0.717, 1.165) is 49.1 Å². The third-order valence-corrected chi connectivity index (χ3v) is 5.49. The third-order valence-electron chi connectivity index (χ3n) is 4.84. The molecule has 126 valence electrons. The molecule has 0 unspecified atom stereocenters. The van der Waals surface area contributed by atoms with E-state index in [1.54, 1.807) is 6.07 Å². The van der Waals surface area contributed by atoms with Crippen molar-refractivity contribution < 1.29 is 9.53 Å². The van der Waals surface area contributed by atoms with E-state index in [1.807, 2.05) is 10.9 Å². The van der Waals surface area contributed by atoms with Crippen LogP contribution in [-0.4, -0.2) is 28.9 Å². The molecule has 1 aromatic heterocycles. The molecule has 1 N–H and O–H groups in total. The smallest absolute Gasteiger partial charge is 0.276 e. The first-order chi connectivity index (χ1) is 11.7. The maximum absolute atomic E-state index is 12.5. The monoisotopic (exact) mass is 389 g/mol. The number of carbonyl (C=O) groups excluding carboxylic acids is 1. The molecule has 1 amide bonds. The van der Waals surface area contributed by atoms with E-state index in [2.05, 4.69) is 38.5 Å². The Morgan fingerprint density at radius 3 is 2.79 bits per heavy atom. The van der Waals surface area contributed by atoms with Crippen molar-refractivity contribution in [2.75, 3.05) is 18.5 Å². The topological polar surface area (TPSA) is 56.2 Å². The number of halogens is 1. The molecule has 1 aliphatic carbocycles. The molecule has 4 rings (SSSR count). The Morgan fingerprint density at radius 1 is 1.25 bits per heavy atom. The molecule has 5 nitrogen and oxygen atoms in total. The van der Waals surface area contributed by atoms with Crippen LogP contribution in [0.3, 0.4) is 0 Å². The number of carbonyl (C=O) groups is 1. The molecule has 0 radical (unpaired) electrons. The summed E-state index contributed by atoms with van der Waals surface area (Å²) in [5, 5.41) is 7.45. The largest absolute Gasteiger partial charge is 0.381 e. The Morgan fingerprint density at radius 2 is 2.00 bits per heavy atom. The van der Waals surface area contributed by atoms with Gasteiger partial charge in [-0.05, 0) is 77.4 Å². The minimum absolute atomic E-state index is 0.167.